The Hall–Kier alpha value is -14.8. The molecule has 4 atom stereocenters. The number of nitrogens with zero attached hydrogens (tertiary/aromatic N) is 13. The summed E-state index contributed by atoms with van der Waals surface area (Å²) in [5, 5.41) is 11.2. The van der Waals surface area contributed by atoms with Gasteiger partial charge in [0.2, 0.25) is 0 Å². The molecule has 0 saturated carbocycles. The zero-order valence-electron chi connectivity index (χ0n) is 78.7. The summed E-state index contributed by atoms with van der Waals surface area (Å²) in [6.45, 7) is 15.7. The van der Waals surface area contributed by atoms with E-state index in [1.54, 1.807) is 63.9 Å². The molecule has 20 rings (SSSR count). The number of aryl methyl sites for hydroxylation is 4. The van der Waals surface area contributed by atoms with Gasteiger partial charge in [0.25, 0.3) is 0 Å². The molecule has 33 heteroatoms. The molecular weight excluding hydrogens is 1870 g/mol. The molecule has 4 aliphatic rings. The van der Waals surface area contributed by atoms with Crippen LogP contribution in [0.3, 0.4) is 0 Å². The second-order valence-electron chi connectivity index (χ2n) is 34.6. The third kappa shape index (κ3) is 23.9. The van der Waals surface area contributed by atoms with E-state index in [2.05, 4.69) is 62.7 Å². The van der Waals surface area contributed by atoms with Crippen LogP contribution in [0.4, 0.5) is 19.2 Å². The summed E-state index contributed by atoms with van der Waals surface area (Å²) >= 11 is 25.1. The van der Waals surface area contributed by atoms with E-state index >= 15 is 0 Å². The smallest absolute Gasteiger partial charge is 0.411 e. The van der Waals surface area contributed by atoms with Crippen LogP contribution in [-0.2, 0) is 70.8 Å². The van der Waals surface area contributed by atoms with Crippen molar-refractivity contribution in [2.45, 2.75) is 142 Å². The first-order valence-corrected chi connectivity index (χ1v) is 48.8. The van der Waals surface area contributed by atoms with E-state index in [1.165, 1.54) is 23.0 Å². The van der Waals surface area contributed by atoms with E-state index in [0.29, 0.717) is 92.1 Å². The summed E-state index contributed by atoms with van der Waals surface area (Å²) in [4.78, 5) is 89.3. The monoisotopic (exact) mass is 1980 g/mol. The number of imidazole rings is 3. The van der Waals surface area contributed by atoms with Gasteiger partial charge in [0, 0.05) is 182 Å². The summed E-state index contributed by atoms with van der Waals surface area (Å²) in [6, 6.07) is 53.8. The molecule has 141 heavy (non-hydrogen) atoms. The number of halogens is 4. The predicted molar refractivity (Wildman–Crippen MR) is 543 cm³/mol. The van der Waals surface area contributed by atoms with Crippen molar-refractivity contribution in [2.75, 3.05) is 72.4 Å². The van der Waals surface area contributed by atoms with Crippen molar-refractivity contribution >= 4 is 114 Å². The number of carbonyl (C=O) groups excluding carboxylic acids is 4. The summed E-state index contributed by atoms with van der Waals surface area (Å²) in [7, 11) is 0. The summed E-state index contributed by atoms with van der Waals surface area (Å²) in [6.07, 6.45) is 30.6. The summed E-state index contributed by atoms with van der Waals surface area (Å²) < 4.78 is 53.4. The van der Waals surface area contributed by atoms with Crippen LogP contribution in [0.1, 0.15) is 151 Å². The summed E-state index contributed by atoms with van der Waals surface area (Å²) in [5.74, 6) is 11.1. The molecule has 726 valence electrons. The quantitative estimate of drug-likeness (QED) is 0.0192. The van der Waals surface area contributed by atoms with Crippen molar-refractivity contribution in [3.8, 4) is 47.2 Å². The molecule has 4 unspecified atom stereocenters. The first-order chi connectivity index (χ1) is 68.9. The highest BCUT2D eigenvalue weighted by atomic mass is 35.5. The average Bonchev–Trinajstić information content (AvgIpc) is 1.62. The maximum absolute atomic E-state index is 13.0. The number of terminal acetylenes is 1. The molecule has 29 nitrogen and oxygen atoms in total. The Kier molecular flexibility index (Phi) is 32.5. The number of aromatic nitrogens is 13. The first kappa shape index (κ1) is 97.9. The number of hydrogen-bond acceptors (Lipinski definition) is 17. The van der Waals surface area contributed by atoms with E-state index in [4.69, 9.17) is 90.7 Å². The second-order valence-corrected chi connectivity index (χ2v) is 36.4. The molecule has 16 aromatic rings. The maximum Gasteiger partial charge on any atom is 0.411 e. The van der Waals surface area contributed by atoms with Gasteiger partial charge in [-0.05, 0) is 238 Å². The van der Waals surface area contributed by atoms with Crippen LogP contribution in [0, 0.1) is 24.2 Å². The Balaban J connectivity index is 0.000000130. The number of benzene rings is 8. The van der Waals surface area contributed by atoms with E-state index in [0.717, 1.165) is 188 Å². The highest BCUT2D eigenvalue weighted by Crippen LogP contribution is 2.46. The molecule has 0 radical (unpaired) electrons. The number of nitrogens with one attached hydrogen (secondary N) is 4. The molecule has 0 saturated heterocycles. The minimum absolute atomic E-state index is 0.0646. The lowest BCUT2D eigenvalue weighted by Crippen LogP contribution is -2.41. The van der Waals surface area contributed by atoms with Gasteiger partial charge >= 0.3 is 24.4 Å². The number of hydrogen-bond donors (Lipinski definition) is 4. The number of H-pyrrole nitrogens is 4. The number of rotatable bonds is 29. The molecular formula is C108H109Cl4N17O12. The molecule has 0 aliphatic carbocycles. The number of carbonyl (C=O) groups is 4. The van der Waals surface area contributed by atoms with Crippen LogP contribution in [0.5, 0.6) is 23.0 Å². The molecule has 0 spiro atoms. The number of amides is 4. The number of aromatic amines is 4. The predicted octanol–water partition coefficient (Wildman–Crippen LogP) is 22.2. The molecule has 4 aliphatic heterocycles. The average molecular weight is 1980 g/mol. The van der Waals surface area contributed by atoms with Crippen LogP contribution in [0.2, 0.25) is 20.1 Å². The molecule has 8 aromatic heterocycles. The van der Waals surface area contributed by atoms with Crippen molar-refractivity contribution < 1.29 is 57.1 Å². The van der Waals surface area contributed by atoms with E-state index in [9.17, 15) is 19.2 Å². The van der Waals surface area contributed by atoms with E-state index in [-0.39, 0.29) is 55.7 Å². The van der Waals surface area contributed by atoms with Crippen molar-refractivity contribution in [3.05, 3.63) is 326 Å². The van der Waals surface area contributed by atoms with Crippen molar-refractivity contribution in [1.82, 2.24) is 83.0 Å². The van der Waals surface area contributed by atoms with Crippen LogP contribution in [0.25, 0.3) is 43.6 Å². The Morgan fingerprint density at radius 2 is 0.723 bits per heavy atom. The van der Waals surface area contributed by atoms with Gasteiger partial charge < -0.3 is 71.5 Å². The Labute approximate surface area is 836 Å². The fraction of sp³-hybridized carbons (Fsp3) is 0.306. The van der Waals surface area contributed by atoms with Crippen LogP contribution in [-0.4, -0.2) is 186 Å². The van der Waals surface area contributed by atoms with Crippen LogP contribution < -0.4 is 18.9 Å². The molecule has 8 aromatic carbocycles. The minimum Gasteiger partial charge on any atom is -0.494 e. The minimum atomic E-state index is -0.435. The first-order valence-electron chi connectivity index (χ1n) is 47.3. The Morgan fingerprint density at radius 3 is 1.01 bits per heavy atom. The van der Waals surface area contributed by atoms with Gasteiger partial charge in [0.05, 0.1) is 58.1 Å². The lowest BCUT2D eigenvalue weighted by atomic mass is 9.92. The number of ether oxygens (including phenoxy) is 8. The fourth-order valence-electron chi connectivity index (χ4n) is 18.5. The van der Waals surface area contributed by atoms with Crippen LogP contribution in [0.15, 0.2) is 239 Å². The van der Waals surface area contributed by atoms with Gasteiger partial charge in [0.15, 0.2) is 13.2 Å². The normalized spacial score (nSPS) is 15.1. The lowest BCUT2D eigenvalue weighted by molar-refractivity contribution is 0.0654. The van der Waals surface area contributed by atoms with Gasteiger partial charge in [-0.25, -0.2) is 39.1 Å². The molecule has 12 heterocycles. The van der Waals surface area contributed by atoms with Crippen molar-refractivity contribution in [1.29, 1.82) is 0 Å². The zero-order chi connectivity index (χ0) is 97.7. The second kappa shape index (κ2) is 46.8. The molecule has 0 bridgehead atoms. The molecule has 4 N–H and O–H groups in total. The van der Waals surface area contributed by atoms with Crippen molar-refractivity contribution in [3.63, 3.8) is 0 Å². The van der Waals surface area contributed by atoms with Gasteiger partial charge in [-0.1, -0.05) is 114 Å². The third-order valence-corrected chi connectivity index (χ3v) is 25.9. The van der Waals surface area contributed by atoms with Gasteiger partial charge in [-0.3, -0.25) is 24.3 Å². The van der Waals surface area contributed by atoms with E-state index in [1.807, 2.05) is 234 Å². The Morgan fingerprint density at radius 1 is 0.404 bits per heavy atom. The highest BCUT2D eigenvalue weighted by Gasteiger charge is 2.41. The lowest BCUT2D eigenvalue weighted by Gasteiger charge is -2.36. The molecule has 4 amide bonds. The fourth-order valence-corrected chi connectivity index (χ4v) is 19.2. The van der Waals surface area contributed by atoms with Gasteiger partial charge in [-0.2, -0.15) is 5.10 Å². The molecule has 0 fully saturated rings. The van der Waals surface area contributed by atoms with E-state index < -0.39 is 12.2 Å². The topological polar surface area (TPSA) is 302 Å². The van der Waals surface area contributed by atoms with Crippen LogP contribution >= 0.6 is 46.4 Å². The number of fused-ring (bicyclic) bond motifs is 12. The van der Waals surface area contributed by atoms with Crippen molar-refractivity contribution in [2.24, 2.45) is 0 Å². The SMILES string of the molecule is C#CCOC(=O)N1CCc2c([nH]c3ccc(Cl)cc23)C1c1ccc(OCCCn2ccnc2)cc1.CC#CCOC(=O)N1CCc2c([nH]c3ccc(Cl)cc23)C1c1ccc(OCCCn2cncn2)cc1.CC(C)OC(=O)N1CCc2c([nH]c3ccc(Cl)cc23)C1c1ccc(OCCCn2ccnc2)cc1.CCCOC(=O)N1CCc2c([nH]c3ccc(Cl)cc23)C1c1ccc(OCCCn2ccnc2)cc1. The third-order valence-electron chi connectivity index (χ3n) is 25.0. The largest absolute Gasteiger partial charge is 0.494 e. The Bertz CT molecular complexity index is 7010. The highest BCUT2D eigenvalue weighted by molar-refractivity contribution is 6.32. The zero-order valence-corrected chi connectivity index (χ0v) is 81.7. The van der Waals surface area contributed by atoms with Gasteiger partial charge in [0.1, 0.15) is 59.8 Å². The standard InChI is InChI=1S/C27H26ClN5O3.2C27H29ClN4O3.C27H25ClN4O3/c1-2-3-14-36-27(34)33-13-11-22-23-16-20(28)7-10-24(23)31-25(22)26(33)19-5-8-21(9-6-19)35-15-4-12-32-18-29-17-30-32;1-18(2)35-27(33)32-13-10-22-23-16-20(28)6-9-24(23)30-25(22)26(32)19-4-7-21(8-5-19)34-15-3-12-31-14-11-29-17-31;2*1-2-15-35-27(33)32-13-10-22-23-17-20(28)6-9-24(23)30-25(22)26(32)19-4-7-21(8-5-19)34-16-3-12-31-14-11-29-18-31/h5-10,16-18,26,31H,4,11-15H2,1H3;4-9,11,14,16-18,26,30H,3,10,12-13,15H2,1-2H3;4-9,11,14,17-18,26,30H,2-3,10,12-13,15-16H2,1H3;1,4-9,11,14,17-18,26,30H,3,10,12-13,15-16H2. The van der Waals surface area contributed by atoms with Gasteiger partial charge in [-0.15, -0.1) is 12.3 Å². The summed E-state index contributed by atoms with van der Waals surface area (Å²) in [5.41, 5.74) is 16.6. The maximum atomic E-state index is 13.0.